The fraction of sp³-hybridized carbons (Fsp3) is 0.409. The molecule has 4 rings (SSSR count). The van der Waals surface area contributed by atoms with Crippen molar-refractivity contribution in [2.75, 3.05) is 34.3 Å². The normalized spacial score (nSPS) is 29.8. The van der Waals surface area contributed by atoms with Crippen molar-refractivity contribution in [1.29, 1.82) is 0 Å². The number of rotatable bonds is 4. The molecule has 2 aliphatic heterocycles. The predicted octanol–water partition coefficient (Wildman–Crippen LogP) is 1.67. The molecule has 2 bridgehead atoms. The first-order valence-corrected chi connectivity index (χ1v) is 10.2. The summed E-state index contributed by atoms with van der Waals surface area (Å²) in [6.07, 6.45) is 0.416. The highest BCUT2D eigenvalue weighted by molar-refractivity contribution is 6.01. The van der Waals surface area contributed by atoms with Crippen LogP contribution in [0.5, 0.6) is 0 Å². The number of methoxy groups -OCH3 is 1. The molecule has 1 N–H and O–H groups in total. The van der Waals surface area contributed by atoms with Crippen molar-refractivity contribution in [3.8, 4) is 0 Å². The first kappa shape index (κ1) is 22.6. The Kier molecular flexibility index (Phi) is 5.76. The quantitative estimate of drug-likeness (QED) is 0.674. The Morgan fingerprint density at radius 3 is 1.91 bits per heavy atom. The molecule has 2 aromatic heterocycles. The number of piperidine rings is 2. The summed E-state index contributed by atoms with van der Waals surface area (Å²) in [6.45, 7) is -0.0862. The number of likely N-dealkylation sites (N-methyl/N-ethyl adjacent to an activating group) is 2. The van der Waals surface area contributed by atoms with Crippen LogP contribution in [0.25, 0.3) is 0 Å². The molecule has 0 spiro atoms. The van der Waals surface area contributed by atoms with E-state index < -0.39 is 41.4 Å². The highest BCUT2D eigenvalue weighted by Gasteiger charge is 2.73. The van der Waals surface area contributed by atoms with Gasteiger partial charge in [-0.05, 0) is 38.4 Å². The third-order valence-corrected chi connectivity index (χ3v) is 6.11. The Balaban J connectivity index is 2.01. The van der Waals surface area contributed by atoms with E-state index in [0.29, 0.717) is 11.4 Å². The molecule has 0 amide bonds. The van der Waals surface area contributed by atoms with E-state index in [0.717, 1.165) is 7.11 Å². The van der Waals surface area contributed by atoms with Gasteiger partial charge in [0.2, 0.25) is 17.0 Å². The Bertz CT molecular complexity index is 1050. The highest BCUT2D eigenvalue weighted by atomic mass is 16.7. The zero-order valence-corrected chi connectivity index (χ0v) is 18.4. The summed E-state index contributed by atoms with van der Waals surface area (Å²) in [7, 11) is 4.53. The van der Waals surface area contributed by atoms with Gasteiger partial charge in [-0.2, -0.15) is 0 Å². The van der Waals surface area contributed by atoms with Gasteiger partial charge in [-0.25, -0.2) is 9.59 Å². The molecule has 0 radical (unpaired) electrons. The SMILES string of the molecule is COC(=O)OC12CN(C)CC(OC(=O)O)(C1=O)C(c1ccccn1)N(C)C2c1ccccn1. The van der Waals surface area contributed by atoms with Crippen LogP contribution in [0.4, 0.5) is 9.59 Å². The summed E-state index contributed by atoms with van der Waals surface area (Å²) in [5, 5.41) is 9.65. The van der Waals surface area contributed by atoms with Crippen molar-refractivity contribution in [2.45, 2.75) is 23.3 Å². The Morgan fingerprint density at radius 1 is 0.970 bits per heavy atom. The van der Waals surface area contributed by atoms with Crippen LogP contribution in [0, 0.1) is 0 Å². The summed E-state index contributed by atoms with van der Waals surface area (Å²) < 4.78 is 15.8. The van der Waals surface area contributed by atoms with Crippen LogP contribution in [0.1, 0.15) is 23.5 Å². The van der Waals surface area contributed by atoms with Crippen LogP contribution in [0.3, 0.4) is 0 Å². The van der Waals surface area contributed by atoms with Crippen LogP contribution in [-0.2, 0) is 19.0 Å². The molecule has 4 unspecified atom stereocenters. The second-order valence-corrected chi connectivity index (χ2v) is 8.18. The van der Waals surface area contributed by atoms with Crippen molar-refractivity contribution < 1.29 is 33.7 Å². The van der Waals surface area contributed by atoms with Gasteiger partial charge in [-0.15, -0.1) is 0 Å². The largest absolute Gasteiger partial charge is 0.509 e. The van der Waals surface area contributed by atoms with Crippen molar-refractivity contribution in [3.63, 3.8) is 0 Å². The maximum absolute atomic E-state index is 14.3. The van der Waals surface area contributed by atoms with Gasteiger partial charge in [0.25, 0.3) is 0 Å². The van der Waals surface area contributed by atoms with E-state index in [2.05, 4.69) is 9.97 Å². The van der Waals surface area contributed by atoms with Crippen molar-refractivity contribution >= 4 is 18.1 Å². The third-order valence-electron chi connectivity index (χ3n) is 6.11. The standard InChI is InChI=1S/C22H24N4O7/c1-25-12-21(32-19(28)29)16(14-8-4-6-10-23-14)26(2)17(15-9-5-7-11-24-15)22(13-25,18(21)27)33-20(30)31-3/h4-11,16-17H,12-13H2,1-3H3,(H,28,29). The van der Waals surface area contributed by atoms with E-state index in [1.165, 1.54) is 0 Å². The minimum atomic E-state index is -1.93. The molecule has 0 aliphatic carbocycles. The first-order valence-electron chi connectivity index (χ1n) is 10.2. The van der Waals surface area contributed by atoms with Crippen LogP contribution in [-0.4, -0.2) is 88.5 Å². The van der Waals surface area contributed by atoms with Gasteiger partial charge in [0.1, 0.15) is 12.1 Å². The minimum Gasteiger partial charge on any atom is -0.450 e. The molecule has 33 heavy (non-hydrogen) atoms. The van der Waals surface area contributed by atoms with Gasteiger partial charge >= 0.3 is 12.3 Å². The van der Waals surface area contributed by atoms with Gasteiger partial charge in [-0.1, -0.05) is 12.1 Å². The second-order valence-electron chi connectivity index (χ2n) is 8.18. The highest BCUT2D eigenvalue weighted by Crippen LogP contribution is 2.54. The lowest BCUT2D eigenvalue weighted by molar-refractivity contribution is -0.222. The molecule has 2 aromatic rings. The average Bonchev–Trinajstić information content (AvgIpc) is 2.77. The molecule has 4 atom stereocenters. The molecule has 2 aliphatic rings. The number of carboxylic acid groups (broad SMARTS) is 1. The molecule has 2 saturated heterocycles. The fourth-order valence-corrected chi connectivity index (χ4v) is 5.17. The lowest BCUT2D eigenvalue weighted by atomic mass is 9.66. The molecule has 11 heteroatoms. The summed E-state index contributed by atoms with van der Waals surface area (Å²) >= 11 is 0. The second kappa shape index (κ2) is 8.41. The lowest BCUT2D eigenvalue weighted by Gasteiger charge is -2.60. The lowest BCUT2D eigenvalue weighted by Crippen LogP contribution is -2.79. The number of pyridine rings is 2. The Labute approximate surface area is 189 Å². The van der Waals surface area contributed by atoms with Crippen LogP contribution < -0.4 is 0 Å². The van der Waals surface area contributed by atoms with Gasteiger partial charge in [0.15, 0.2) is 0 Å². The number of nitrogens with zero attached hydrogens (tertiary/aromatic N) is 4. The van der Waals surface area contributed by atoms with Crippen molar-refractivity contribution in [3.05, 3.63) is 60.2 Å². The molecule has 0 saturated carbocycles. The molecule has 174 valence electrons. The number of ether oxygens (including phenoxy) is 3. The van der Waals surface area contributed by atoms with E-state index in [9.17, 15) is 19.5 Å². The maximum atomic E-state index is 14.3. The van der Waals surface area contributed by atoms with Crippen LogP contribution in [0.2, 0.25) is 0 Å². The number of hydrogen-bond donors (Lipinski definition) is 1. The minimum absolute atomic E-state index is 0.0216. The monoisotopic (exact) mass is 456 g/mol. The number of likely N-dealkylation sites (tertiary alicyclic amines) is 2. The van der Waals surface area contributed by atoms with E-state index in [-0.39, 0.29) is 13.1 Å². The maximum Gasteiger partial charge on any atom is 0.509 e. The molecule has 0 aromatic carbocycles. The van der Waals surface area contributed by atoms with E-state index in [1.54, 1.807) is 72.7 Å². The van der Waals surface area contributed by atoms with Gasteiger partial charge in [0.05, 0.1) is 18.5 Å². The van der Waals surface area contributed by atoms with Crippen LogP contribution >= 0.6 is 0 Å². The molecular weight excluding hydrogens is 432 g/mol. The number of carbonyl (C=O) groups is 3. The van der Waals surface area contributed by atoms with Crippen molar-refractivity contribution in [1.82, 2.24) is 19.8 Å². The van der Waals surface area contributed by atoms with Gasteiger partial charge in [0, 0.05) is 25.5 Å². The number of ketones is 1. The van der Waals surface area contributed by atoms with Gasteiger partial charge in [-0.3, -0.25) is 24.6 Å². The first-order chi connectivity index (χ1) is 15.7. The molecule has 4 heterocycles. The summed E-state index contributed by atoms with van der Waals surface area (Å²) in [5.74, 6) is -0.690. The van der Waals surface area contributed by atoms with E-state index in [4.69, 9.17) is 14.2 Å². The predicted molar refractivity (Wildman–Crippen MR) is 112 cm³/mol. The molecular formula is C22H24N4O7. The topological polar surface area (TPSA) is 131 Å². The van der Waals surface area contributed by atoms with Gasteiger partial charge < -0.3 is 19.3 Å². The number of aromatic nitrogens is 2. The summed E-state index contributed by atoms with van der Waals surface area (Å²) in [4.78, 5) is 50.8. The number of fused-ring (bicyclic) bond motifs is 2. The zero-order chi connectivity index (χ0) is 23.8. The fourth-order valence-electron chi connectivity index (χ4n) is 5.17. The van der Waals surface area contributed by atoms with E-state index in [1.807, 2.05) is 0 Å². The molecule has 2 fully saturated rings. The smallest absolute Gasteiger partial charge is 0.450 e. The zero-order valence-electron chi connectivity index (χ0n) is 18.4. The average molecular weight is 456 g/mol. The van der Waals surface area contributed by atoms with Crippen LogP contribution in [0.15, 0.2) is 48.8 Å². The number of hydrogen-bond acceptors (Lipinski definition) is 10. The van der Waals surface area contributed by atoms with Crippen molar-refractivity contribution in [2.24, 2.45) is 0 Å². The van der Waals surface area contributed by atoms with E-state index >= 15 is 0 Å². The number of carbonyl (C=O) groups excluding carboxylic acids is 2. The summed E-state index contributed by atoms with van der Waals surface area (Å²) in [5.41, 5.74) is -2.90. The molecule has 11 nitrogen and oxygen atoms in total. The Hall–Kier alpha value is -3.57. The summed E-state index contributed by atoms with van der Waals surface area (Å²) in [6, 6.07) is 8.54. The Morgan fingerprint density at radius 2 is 1.48 bits per heavy atom. The number of Topliss-reactive ketones (excluding diaryl/α,β-unsaturated/α-hetero) is 1. The third kappa shape index (κ3) is 3.58.